The highest BCUT2D eigenvalue weighted by molar-refractivity contribution is 5.97. The molecule has 2 aromatic rings. The molecule has 1 aliphatic rings. The quantitative estimate of drug-likeness (QED) is 0.797. The molecule has 4 nitrogen and oxygen atoms in total. The third kappa shape index (κ3) is 3.93. The van der Waals surface area contributed by atoms with Crippen LogP contribution in [0.4, 0.5) is 0 Å². The van der Waals surface area contributed by atoms with Gasteiger partial charge in [-0.05, 0) is 87.2 Å². The molecule has 1 aliphatic heterocycles. The Morgan fingerprint density at radius 1 is 0.857 bits per heavy atom. The summed E-state index contributed by atoms with van der Waals surface area (Å²) in [6.45, 7) is 14.7. The Morgan fingerprint density at radius 2 is 1.39 bits per heavy atom. The lowest BCUT2D eigenvalue weighted by Gasteiger charge is -2.32. The van der Waals surface area contributed by atoms with E-state index in [2.05, 4.69) is 46.6 Å². The van der Waals surface area contributed by atoms with Crippen molar-refractivity contribution >= 4 is 5.91 Å². The van der Waals surface area contributed by atoms with E-state index in [1.54, 1.807) is 0 Å². The van der Waals surface area contributed by atoms with E-state index in [0.717, 1.165) is 26.2 Å². The highest BCUT2D eigenvalue weighted by atomic mass is 16.5. The van der Waals surface area contributed by atoms with Gasteiger partial charge in [0.25, 0.3) is 5.91 Å². The molecule has 0 atom stereocenters. The maximum Gasteiger partial charge on any atom is 0.257 e. The molecule has 1 heterocycles. The minimum Gasteiger partial charge on any atom is -0.488 e. The van der Waals surface area contributed by atoms with Crippen LogP contribution >= 0.6 is 0 Å². The van der Waals surface area contributed by atoms with Crippen molar-refractivity contribution in [1.29, 1.82) is 0 Å². The van der Waals surface area contributed by atoms with Crippen molar-refractivity contribution in [2.24, 2.45) is 0 Å². The molecule has 2 aromatic carbocycles. The summed E-state index contributed by atoms with van der Waals surface area (Å²) < 4.78 is 6.21. The zero-order valence-electron chi connectivity index (χ0n) is 18.1. The van der Waals surface area contributed by atoms with Crippen molar-refractivity contribution in [3.8, 4) is 5.75 Å². The van der Waals surface area contributed by atoms with Crippen LogP contribution in [-0.2, 0) is 6.61 Å². The standard InChI is InChI=1S/C24H32N2O2/c1-16-17(2)19(4)22(20(5)18(16)3)15-28-23-10-8-7-9-21(23)24(27)26-13-11-25(6)12-14-26/h7-10H,11-15H2,1-6H3. The lowest BCUT2D eigenvalue weighted by molar-refractivity contribution is 0.0659. The van der Waals surface area contributed by atoms with E-state index in [0.29, 0.717) is 17.9 Å². The Balaban J connectivity index is 1.83. The van der Waals surface area contributed by atoms with E-state index < -0.39 is 0 Å². The summed E-state index contributed by atoms with van der Waals surface area (Å²) in [5, 5.41) is 0. The van der Waals surface area contributed by atoms with Gasteiger partial charge in [-0.15, -0.1) is 0 Å². The number of hydrogen-bond donors (Lipinski definition) is 0. The van der Waals surface area contributed by atoms with Crippen LogP contribution in [0.15, 0.2) is 24.3 Å². The molecule has 150 valence electrons. The van der Waals surface area contributed by atoms with Crippen LogP contribution < -0.4 is 4.74 Å². The van der Waals surface area contributed by atoms with Gasteiger partial charge in [0.1, 0.15) is 12.4 Å². The van der Waals surface area contributed by atoms with Gasteiger partial charge in [-0.1, -0.05) is 12.1 Å². The molecule has 28 heavy (non-hydrogen) atoms. The fourth-order valence-electron chi connectivity index (χ4n) is 3.89. The van der Waals surface area contributed by atoms with Crippen LogP contribution in [-0.4, -0.2) is 48.9 Å². The fourth-order valence-corrected chi connectivity index (χ4v) is 3.89. The Hall–Kier alpha value is -2.33. The van der Waals surface area contributed by atoms with Crippen LogP contribution in [0, 0.1) is 34.6 Å². The van der Waals surface area contributed by atoms with Gasteiger partial charge in [0.15, 0.2) is 0 Å². The SMILES string of the molecule is Cc1c(C)c(C)c(COc2ccccc2C(=O)N2CCN(C)CC2)c(C)c1C. The smallest absolute Gasteiger partial charge is 0.257 e. The van der Waals surface area contributed by atoms with Crippen LogP contribution in [0.25, 0.3) is 0 Å². The van der Waals surface area contributed by atoms with Gasteiger partial charge >= 0.3 is 0 Å². The molecule has 0 N–H and O–H groups in total. The number of carbonyl (C=O) groups is 1. The van der Waals surface area contributed by atoms with E-state index in [4.69, 9.17) is 4.74 Å². The van der Waals surface area contributed by atoms with Crippen LogP contribution in [0.3, 0.4) is 0 Å². The number of hydrogen-bond acceptors (Lipinski definition) is 3. The minimum absolute atomic E-state index is 0.0633. The Kier molecular flexibility index (Phi) is 6.09. The Morgan fingerprint density at radius 3 is 2.00 bits per heavy atom. The van der Waals surface area contributed by atoms with E-state index in [-0.39, 0.29) is 5.91 Å². The number of piperazine rings is 1. The molecule has 0 bridgehead atoms. The summed E-state index contributed by atoms with van der Waals surface area (Å²) in [5.41, 5.74) is 8.44. The largest absolute Gasteiger partial charge is 0.488 e. The topological polar surface area (TPSA) is 32.8 Å². The molecule has 4 heteroatoms. The number of benzene rings is 2. The van der Waals surface area contributed by atoms with Crippen LogP contribution in [0.1, 0.15) is 43.7 Å². The second-order valence-electron chi connectivity index (χ2n) is 7.98. The first kappa shape index (κ1) is 20.4. The summed E-state index contributed by atoms with van der Waals surface area (Å²) in [4.78, 5) is 17.2. The van der Waals surface area contributed by atoms with Crippen molar-refractivity contribution in [2.75, 3.05) is 33.2 Å². The maximum absolute atomic E-state index is 13.1. The van der Waals surface area contributed by atoms with Gasteiger partial charge in [0, 0.05) is 26.2 Å². The van der Waals surface area contributed by atoms with Gasteiger partial charge < -0.3 is 14.5 Å². The highest BCUT2D eigenvalue weighted by Crippen LogP contribution is 2.28. The molecule has 3 rings (SSSR count). The summed E-state index contributed by atoms with van der Waals surface area (Å²) in [6.07, 6.45) is 0. The molecule has 1 fully saturated rings. The summed E-state index contributed by atoms with van der Waals surface area (Å²) in [6, 6.07) is 7.62. The zero-order chi connectivity index (χ0) is 20.4. The van der Waals surface area contributed by atoms with E-state index >= 15 is 0 Å². The lowest BCUT2D eigenvalue weighted by Crippen LogP contribution is -2.47. The van der Waals surface area contributed by atoms with Crippen molar-refractivity contribution < 1.29 is 9.53 Å². The summed E-state index contributed by atoms with van der Waals surface area (Å²) in [5.74, 6) is 0.731. The van der Waals surface area contributed by atoms with Crippen molar-refractivity contribution in [3.05, 3.63) is 63.2 Å². The first-order valence-corrected chi connectivity index (χ1v) is 10.1. The Bertz CT molecular complexity index is 851. The van der Waals surface area contributed by atoms with E-state index in [9.17, 15) is 4.79 Å². The number of para-hydroxylation sites is 1. The van der Waals surface area contributed by atoms with Crippen molar-refractivity contribution in [3.63, 3.8) is 0 Å². The van der Waals surface area contributed by atoms with Gasteiger partial charge in [0.2, 0.25) is 0 Å². The van der Waals surface area contributed by atoms with E-state index in [1.165, 1.54) is 33.4 Å². The number of carbonyl (C=O) groups excluding carboxylic acids is 1. The van der Waals surface area contributed by atoms with Gasteiger partial charge in [-0.25, -0.2) is 0 Å². The molecule has 1 amide bonds. The monoisotopic (exact) mass is 380 g/mol. The molecule has 0 unspecified atom stereocenters. The third-order valence-corrected chi connectivity index (χ3v) is 6.44. The maximum atomic E-state index is 13.1. The molecule has 0 saturated carbocycles. The molecule has 0 spiro atoms. The predicted molar refractivity (Wildman–Crippen MR) is 114 cm³/mol. The molecular weight excluding hydrogens is 348 g/mol. The van der Waals surface area contributed by atoms with Gasteiger partial charge in [-0.3, -0.25) is 4.79 Å². The summed E-state index contributed by atoms with van der Waals surface area (Å²) in [7, 11) is 2.09. The minimum atomic E-state index is 0.0633. The molecule has 0 aromatic heterocycles. The predicted octanol–water partition coefficient (Wildman–Crippen LogP) is 4.20. The van der Waals surface area contributed by atoms with Crippen molar-refractivity contribution in [1.82, 2.24) is 9.80 Å². The van der Waals surface area contributed by atoms with Gasteiger partial charge in [-0.2, -0.15) is 0 Å². The molecular formula is C24H32N2O2. The third-order valence-electron chi connectivity index (χ3n) is 6.44. The van der Waals surface area contributed by atoms with Crippen molar-refractivity contribution in [2.45, 2.75) is 41.2 Å². The molecule has 1 saturated heterocycles. The molecule has 0 radical (unpaired) electrons. The first-order chi connectivity index (χ1) is 13.3. The lowest BCUT2D eigenvalue weighted by atomic mass is 9.90. The number of rotatable bonds is 4. The fraction of sp³-hybridized carbons (Fsp3) is 0.458. The second-order valence-corrected chi connectivity index (χ2v) is 7.98. The number of nitrogens with zero attached hydrogens (tertiary/aromatic N) is 2. The van der Waals surface area contributed by atoms with Gasteiger partial charge in [0.05, 0.1) is 5.56 Å². The van der Waals surface area contributed by atoms with Crippen LogP contribution in [0.2, 0.25) is 0 Å². The number of ether oxygens (including phenoxy) is 1. The number of amides is 1. The molecule has 0 aliphatic carbocycles. The van der Waals surface area contributed by atoms with E-state index in [1.807, 2.05) is 29.2 Å². The normalized spacial score (nSPS) is 15.0. The first-order valence-electron chi connectivity index (χ1n) is 10.1. The number of likely N-dealkylation sites (N-methyl/N-ethyl adjacent to an activating group) is 1. The average Bonchev–Trinajstić information content (AvgIpc) is 2.71. The summed E-state index contributed by atoms with van der Waals surface area (Å²) >= 11 is 0. The van der Waals surface area contributed by atoms with Crippen LogP contribution in [0.5, 0.6) is 5.75 Å². The second kappa shape index (κ2) is 8.36. The highest BCUT2D eigenvalue weighted by Gasteiger charge is 2.23. The Labute approximate surface area is 169 Å². The zero-order valence-corrected chi connectivity index (χ0v) is 18.1. The average molecular weight is 381 g/mol.